The monoisotopic (exact) mass is 299 g/mol. The maximum absolute atomic E-state index is 11.8. The van der Waals surface area contributed by atoms with Gasteiger partial charge >= 0.3 is 0 Å². The lowest BCUT2D eigenvalue weighted by molar-refractivity contribution is -0.119. The number of rotatable bonds is 3. The number of allylic oxidation sites excluding steroid dienone is 1. The van der Waals surface area contributed by atoms with E-state index >= 15 is 0 Å². The second kappa shape index (κ2) is 5.26. The molecule has 2 atom stereocenters. The molecule has 0 radical (unpaired) electrons. The van der Waals surface area contributed by atoms with Crippen molar-refractivity contribution in [2.75, 3.05) is 0 Å². The Morgan fingerprint density at radius 1 is 1.19 bits per heavy atom. The maximum atomic E-state index is 11.8. The van der Waals surface area contributed by atoms with Gasteiger partial charge in [-0.2, -0.15) is 0 Å². The molecule has 0 aliphatic carbocycles. The number of carbonyl (C=O) groups is 2. The van der Waals surface area contributed by atoms with Crippen LogP contribution in [0.15, 0.2) is 49.1 Å². The zero-order valence-corrected chi connectivity index (χ0v) is 11.9. The van der Waals surface area contributed by atoms with E-state index < -0.39 is 5.25 Å². The fourth-order valence-electron chi connectivity index (χ4n) is 2.50. The van der Waals surface area contributed by atoms with E-state index in [9.17, 15) is 14.7 Å². The summed E-state index contributed by atoms with van der Waals surface area (Å²) in [6, 6.07) is 10.9. The predicted octanol–water partition coefficient (Wildman–Crippen LogP) is 3.17. The molecule has 2 N–H and O–H groups in total. The Balaban J connectivity index is 2.01. The number of thioether (sulfide) groups is 1. The third kappa shape index (κ3) is 2.52. The molecule has 5 heteroatoms. The van der Waals surface area contributed by atoms with Crippen molar-refractivity contribution >= 4 is 33.7 Å². The van der Waals surface area contributed by atoms with Crippen LogP contribution in [-0.2, 0) is 4.79 Å². The Hall–Kier alpha value is -2.27. The molecule has 3 rings (SSSR count). The van der Waals surface area contributed by atoms with Crippen LogP contribution in [0.1, 0.15) is 11.5 Å². The van der Waals surface area contributed by atoms with Crippen molar-refractivity contribution in [2.24, 2.45) is 0 Å². The second-order valence-corrected chi connectivity index (χ2v) is 5.98. The van der Waals surface area contributed by atoms with Gasteiger partial charge in [0.25, 0.3) is 5.24 Å². The summed E-state index contributed by atoms with van der Waals surface area (Å²) >= 11 is 0.998. The third-order valence-corrected chi connectivity index (χ3v) is 4.61. The van der Waals surface area contributed by atoms with E-state index in [0.29, 0.717) is 0 Å². The summed E-state index contributed by atoms with van der Waals surface area (Å²) in [7, 11) is 0. The second-order valence-electron chi connectivity index (χ2n) is 4.87. The molecule has 2 amide bonds. The molecule has 0 bridgehead atoms. The van der Waals surface area contributed by atoms with Crippen LogP contribution in [0.25, 0.3) is 10.8 Å². The molecule has 21 heavy (non-hydrogen) atoms. The number of fused-ring (bicyclic) bond motifs is 1. The number of aromatic hydroxyl groups is 1. The molecule has 0 aromatic heterocycles. The van der Waals surface area contributed by atoms with Crippen LogP contribution >= 0.6 is 11.8 Å². The van der Waals surface area contributed by atoms with Crippen LogP contribution < -0.4 is 5.32 Å². The first-order chi connectivity index (χ1) is 10.1. The number of imide groups is 1. The van der Waals surface area contributed by atoms with Crippen molar-refractivity contribution in [1.82, 2.24) is 5.32 Å². The lowest BCUT2D eigenvalue weighted by Gasteiger charge is -2.17. The molecule has 2 aromatic rings. The molecule has 0 spiro atoms. The first-order valence-corrected chi connectivity index (χ1v) is 7.33. The number of hydrogen-bond donors (Lipinski definition) is 2. The molecule has 0 saturated carbocycles. The Kier molecular flexibility index (Phi) is 3.43. The summed E-state index contributed by atoms with van der Waals surface area (Å²) < 4.78 is 0. The van der Waals surface area contributed by atoms with Crippen molar-refractivity contribution in [3.63, 3.8) is 0 Å². The number of phenolic OH excluding ortho intramolecular Hbond substituents is 1. The molecule has 1 saturated heterocycles. The number of amides is 2. The maximum Gasteiger partial charge on any atom is 0.286 e. The lowest BCUT2D eigenvalue weighted by Crippen LogP contribution is -2.27. The number of carbonyl (C=O) groups excluding carboxylic acids is 2. The highest BCUT2D eigenvalue weighted by atomic mass is 32.2. The van der Waals surface area contributed by atoms with Gasteiger partial charge in [0.1, 0.15) is 11.0 Å². The minimum atomic E-state index is -0.482. The predicted molar refractivity (Wildman–Crippen MR) is 83.5 cm³/mol. The molecule has 1 aliphatic heterocycles. The molecular weight excluding hydrogens is 286 g/mol. The van der Waals surface area contributed by atoms with Crippen molar-refractivity contribution < 1.29 is 14.7 Å². The summed E-state index contributed by atoms with van der Waals surface area (Å²) in [5, 5.41) is 12.9. The van der Waals surface area contributed by atoms with Crippen molar-refractivity contribution in [2.45, 2.75) is 11.2 Å². The van der Waals surface area contributed by atoms with Gasteiger partial charge in [0.05, 0.1) is 0 Å². The summed E-state index contributed by atoms with van der Waals surface area (Å²) in [6.07, 6.45) is 1.69. The molecule has 1 heterocycles. The average Bonchev–Trinajstić information content (AvgIpc) is 2.79. The third-order valence-electron chi connectivity index (χ3n) is 3.53. The lowest BCUT2D eigenvalue weighted by atomic mass is 9.93. The topological polar surface area (TPSA) is 66.4 Å². The standard InChI is InChI=1S/C16H13NO3S/c1-2-13(14-15(19)17-16(20)21-14)11-4-3-10-8-12(18)6-5-9(10)7-11/h2-8,13-14,18H,1H2,(H,17,19,20). The number of hydrogen-bond acceptors (Lipinski definition) is 4. The quantitative estimate of drug-likeness (QED) is 0.854. The largest absolute Gasteiger partial charge is 0.508 e. The van der Waals surface area contributed by atoms with Gasteiger partial charge in [0, 0.05) is 5.92 Å². The SMILES string of the molecule is C=CC(c1ccc2cc(O)ccc2c1)C1SC(=O)NC1=O. The Morgan fingerprint density at radius 3 is 2.57 bits per heavy atom. The van der Waals surface area contributed by atoms with Gasteiger partial charge in [0.2, 0.25) is 5.91 Å². The summed E-state index contributed by atoms with van der Waals surface area (Å²) in [5.74, 6) is -0.299. The molecule has 2 aromatic carbocycles. The zero-order valence-electron chi connectivity index (χ0n) is 11.1. The van der Waals surface area contributed by atoms with Crippen LogP contribution in [0.5, 0.6) is 5.75 Å². The van der Waals surface area contributed by atoms with Gasteiger partial charge in [-0.1, -0.05) is 42.1 Å². The Labute approximate surface area is 125 Å². The van der Waals surface area contributed by atoms with Gasteiger partial charge in [-0.05, 0) is 28.5 Å². The van der Waals surface area contributed by atoms with Crippen LogP contribution in [-0.4, -0.2) is 21.5 Å². The van der Waals surface area contributed by atoms with Crippen molar-refractivity contribution in [3.8, 4) is 5.75 Å². The minimum Gasteiger partial charge on any atom is -0.508 e. The Morgan fingerprint density at radius 2 is 1.90 bits per heavy atom. The van der Waals surface area contributed by atoms with E-state index in [0.717, 1.165) is 28.1 Å². The van der Waals surface area contributed by atoms with Crippen molar-refractivity contribution in [1.29, 1.82) is 0 Å². The molecule has 4 nitrogen and oxygen atoms in total. The molecular formula is C16H13NO3S. The van der Waals surface area contributed by atoms with Crippen LogP contribution in [0.3, 0.4) is 0 Å². The summed E-state index contributed by atoms with van der Waals surface area (Å²) in [5.41, 5.74) is 0.922. The van der Waals surface area contributed by atoms with Crippen LogP contribution in [0.4, 0.5) is 4.79 Å². The number of nitrogens with one attached hydrogen (secondary N) is 1. The van der Waals surface area contributed by atoms with E-state index in [4.69, 9.17) is 0 Å². The normalized spacial score (nSPS) is 19.5. The van der Waals surface area contributed by atoms with E-state index in [1.165, 1.54) is 0 Å². The smallest absolute Gasteiger partial charge is 0.286 e. The van der Waals surface area contributed by atoms with Crippen LogP contribution in [0.2, 0.25) is 0 Å². The summed E-state index contributed by atoms with van der Waals surface area (Å²) in [6.45, 7) is 3.79. The van der Waals surface area contributed by atoms with Gasteiger partial charge in [0.15, 0.2) is 0 Å². The number of phenols is 1. The van der Waals surface area contributed by atoms with Crippen LogP contribution in [0, 0.1) is 0 Å². The average molecular weight is 299 g/mol. The molecule has 1 aliphatic rings. The van der Waals surface area contributed by atoms with Crippen molar-refractivity contribution in [3.05, 3.63) is 54.6 Å². The highest BCUT2D eigenvalue weighted by molar-refractivity contribution is 8.15. The first kappa shape index (κ1) is 13.7. The van der Waals surface area contributed by atoms with E-state index in [-0.39, 0.29) is 22.8 Å². The van der Waals surface area contributed by atoms with E-state index in [2.05, 4.69) is 11.9 Å². The summed E-state index contributed by atoms with van der Waals surface area (Å²) in [4.78, 5) is 23.2. The van der Waals surface area contributed by atoms with Gasteiger partial charge in [-0.25, -0.2) is 0 Å². The number of benzene rings is 2. The fourth-order valence-corrected chi connectivity index (χ4v) is 3.47. The van der Waals surface area contributed by atoms with E-state index in [1.54, 1.807) is 18.2 Å². The highest BCUT2D eigenvalue weighted by Gasteiger charge is 2.37. The zero-order chi connectivity index (χ0) is 15.0. The fraction of sp³-hybridized carbons (Fsp3) is 0.125. The van der Waals surface area contributed by atoms with Gasteiger partial charge in [-0.15, -0.1) is 6.58 Å². The van der Waals surface area contributed by atoms with Gasteiger partial charge < -0.3 is 5.11 Å². The minimum absolute atomic E-state index is 0.215. The molecule has 106 valence electrons. The molecule has 2 unspecified atom stereocenters. The molecule has 1 fully saturated rings. The Bertz CT molecular complexity index is 756. The van der Waals surface area contributed by atoms with Gasteiger partial charge in [-0.3, -0.25) is 14.9 Å². The van der Waals surface area contributed by atoms with E-state index in [1.807, 2.05) is 24.3 Å². The first-order valence-electron chi connectivity index (χ1n) is 6.45. The highest BCUT2D eigenvalue weighted by Crippen LogP contribution is 2.35.